The second-order valence-electron chi connectivity index (χ2n) is 7.39. The summed E-state index contributed by atoms with van der Waals surface area (Å²) >= 11 is 0. The highest BCUT2D eigenvalue weighted by molar-refractivity contribution is 5.31. The zero-order chi connectivity index (χ0) is 18.0. The molecule has 0 saturated carbocycles. The van der Waals surface area contributed by atoms with E-state index in [0.717, 1.165) is 42.9 Å². The van der Waals surface area contributed by atoms with Gasteiger partial charge in [-0.3, -0.25) is 9.58 Å². The lowest BCUT2D eigenvalue weighted by atomic mass is 9.86. The lowest BCUT2D eigenvalue weighted by Crippen LogP contribution is -2.45. The standard InChI is InChI=1S/C20H29N3O2/c1-15(2)23-13-11-17(21-23)14-22-12-5-6-19(22)20(3,24)16-7-9-18(25-4)10-8-16/h7-11,13,15,19,24H,5-6,12,14H2,1-4H3. The van der Waals surface area contributed by atoms with Gasteiger partial charge >= 0.3 is 0 Å². The maximum absolute atomic E-state index is 11.3. The van der Waals surface area contributed by atoms with Gasteiger partial charge in [-0.2, -0.15) is 5.10 Å². The first-order valence-electron chi connectivity index (χ1n) is 9.07. The first-order chi connectivity index (χ1) is 11.9. The van der Waals surface area contributed by atoms with E-state index >= 15 is 0 Å². The molecule has 1 aromatic heterocycles. The van der Waals surface area contributed by atoms with Gasteiger partial charge in [-0.1, -0.05) is 12.1 Å². The van der Waals surface area contributed by atoms with Gasteiger partial charge in [-0.05, 0) is 63.9 Å². The average Bonchev–Trinajstić information content (AvgIpc) is 3.25. The van der Waals surface area contributed by atoms with E-state index in [1.165, 1.54) is 0 Å². The maximum Gasteiger partial charge on any atom is 0.118 e. The number of rotatable bonds is 6. The van der Waals surface area contributed by atoms with E-state index in [9.17, 15) is 5.11 Å². The normalized spacial score (nSPS) is 20.8. The fourth-order valence-electron chi connectivity index (χ4n) is 3.73. The van der Waals surface area contributed by atoms with Crippen LogP contribution in [-0.2, 0) is 12.1 Å². The fourth-order valence-corrected chi connectivity index (χ4v) is 3.73. The lowest BCUT2D eigenvalue weighted by Gasteiger charge is -2.36. The first kappa shape index (κ1) is 18.0. The quantitative estimate of drug-likeness (QED) is 0.874. The number of benzene rings is 1. The van der Waals surface area contributed by atoms with Crippen LogP contribution in [0.3, 0.4) is 0 Å². The maximum atomic E-state index is 11.3. The van der Waals surface area contributed by atoms with E-state index in [1.807, 2.05) is 42.1 Å². The minimum atomic E-state index is -0.899. The molecule has 1 saturated heterocycles. The lowest BCUT2D eigenvalue weighted by molar-refractivity contribution is -0.0258. The van der Waals surface area contributed by atoms with Crippen LogP contribution in [0.15, 0.2) is 36.5 Å². The molecule has 0 aliphatic carbocycles. The zero-order valence-electron chi connectivity index (χ0n) is 15.6. The van der Waals surface area contributed by atoms with E-state index in [4.69, 9.17) is 4.74 Å². The Morgan fingerprint density at radius 1 is 1.28 bits per heavy atom. The summed E-state index contributed by atoms with van der Waals surface area (Å²) in [6, 6.07) is 10.3. The summed E-state index contributed by atoms with van der Waals surface area (Å²) in [6.07, 6.45) is 4.12. The van der Waals surface area contributed by atoms with E-state index < -0.39 is 5.60 Å². The molecule has 1 aromatic carbocycles. The predicted molar refractivity (Wildman–Crippen MR) is 98.6 cm³/mol. The summed E-state index contributed by atoms with van der Waals surface area (Å²) in [6.45, 7) is 7.94. The molecule has 1 fully saturated rings. The van der Waals surface area contributed by atoms with Gasteiger partial charge in [0.15, 0.2) is 0 Å². The van der Waals surface area contributed by atoms with Gasteiger partial charge in [0.25, 0.3) is 0 Å². The van der Waals surface area contributed by atoms with Gasteiger partial charge in [-0.15, -0.1) is 0 Å². The van der Waals surface area contributed by atoms with Crippen molar-refractivity contribution < 1.29 is 9.84 Å². The third-order valence-electron chi connectivity index (χ3n) is 5.24. The molecule has 5 nitrogen and oxygen atoms in total. The SMILES string of the molecule is COc1ccc(C(C)(O)C2CCCN2Cc2ccn(C(C)C)n2)cc1. The van der Waals surface area contributed by atoms with Crippen molar-refractivity contribution in [2.75, 3.05) is 13.7 Å². The summed E-state index contributed by atoms with van der Waals surface area (Å²) in [5.41, 5.74) is 1.09. The van der Waals surface area contributed by atoms with E-state index in [0.29, 0.717) is 6.04 Å². The number of methoxy groups -OCH3 is 1. The van der Waals surface area contributed by atoms with E-state index in [1.54, 1.807) is 7.11 Å². The highest BCUT2D eigenvalue weighted by Crippen LogP contribution is 2.36. The zero-order valence-corrected chi connectivity index (χ0v) is 15.6. The molecule has 25 heavy (non-hydrogen) atoms. The van der Waals surface area contributed by atoms with Gasteiger partial charge in [0.05, 0.1) is 12.8 Å². The minimum absolute atomic E-state index is 0.0881. The Morgan fingerprint density at radius 3 is 2.60 bits per heavy atom. The molecule has 2 unspecified atom stereocenters. The topological polar surface area (TPSA) is 50.5 Å². The Balaban J connectivity index is 1.76. The second kappa shape index (κ2) is 7.18. The van der Waals surface area contributed by atoms with Crippen LogP contribution in [0.25, 0.3) is 0 Å². The number of aliphatic hydroxyl groups is 1. The summed E-state index contributed by atoms with van der Waals surface area (Å²) in [7, 11) is 1.65. The Bertz CT molecular complexity index is 691. The van der Waals surface area contributed by atoms with Crippen LogP contribution in [0, 0.1) is 0 Å². The number of aromatic nitrogens is 2. The van der Waals surface area contributed by atoms with Crippen LogP contribution >= 0.6 is 0 Å². The molecule has 3 rings (SSSR count). The van der Waals surface area contributed by atoms with Gasteiger partial charge in [0, 0.05) is 24.8 Å². The molecule has 5 heteroatoms. The van der Waals surface area contributed by atoms with Crippen molar-refractivity contribution in [1.29, 1.82) is 0 Å². The number of hydrogen-bond acceptors (Lipinski definition) is 4. The molecule has 0 radical (unpaired) electrons. The van der Waals surface area contributed by atoms with Crippen molar-refractivity contribution in [3.63, 3.8) is 0 Å². The van der Waals surface area contributed by atoms with Crippen LogP contribution in [-0.4, -0.2) is 39.5 Å². The van der Waals surface area contributed by atoms with Crippen molar-refractivity contribution in [2.45, 2.75) is 57.8 Å². The van der Waals surface area contributed by atoms with Crippen molar-refractivity contribution in [2.24, 2.45) is 0 Å². The number of nitrogens with zero attached hydrogens (tertiary/aromatic N) is 3. The Labute approximate surface area is 150 Å². The molecular weight excluding hydrogens is 314 g/mol. The van der Waals surface area contributed by atoms with Gasteiger partial charge in [0.1, 0.15) is 11.4 Å². The smallest absolute Gasteiger partial charge is 0.118 e. The van der Waals surface area contributed by atoms with Gasteiger partial charge in [-0.25, -0.2) is 0 Å². The van der Waals surface area contributed by atoms with Crippen molar-refractivity contribution in [3.8, 4) is 5.75 Å². The largest absolute Gasteiger partial charge is 0.497 e. The van der Waals surface area contributed by atoms with Crippen LogP contribution < -0.4 is 4.74 Å². The van der Waals surface area contributed by atoms with Crippen LogP contribution in [0.4, 0.5) is 0 Å². The van der Waals surface area contributed by atoms with Crippen molar-refractivity contribution in [1.82, 2.24) is 14.7 Å². The molecule has 1 aliphatic heterocycles. The summed E-state index contributed by atoms with van der Waals surface area (Å²) < 4.78 is 7.21. The average molecular weight is 343 g/mol. The monoisotopic (exact) mass is 343 g/mol. The van der Waals surface area contributed by atoms with Gasteiger partial charge < -0.3 is 9.84 Å². The highest BCUT2D eigenvalue weighted by Gasteiger charge is 2.40. The Morgan fingerprint density at radius 2 is 2.00 bits per heavy atom. The molecule has 0 spiro atoms. The third kappa shape index (κ3) is 3.72. The summed E-state index contributed by atoms with van der Waals surface area (Å²) in [4.78, 5) is 2.36. The molecule has 2 atom stereocenters. The molecule has 136 valence electrons. The third-order valence-corrected chi connectivity index (χ3v) is 5.24. The number of hydrogen-bond donors (Lipinski definition) is 1. The molecule has 1 aliphatic rings. The van der Waals surface area contributed by atoms with Crippen LogP contribution in [0.2, 0.25) is 0 Å². The number of likely N-dealkylation sites (tertiary alicyclic amines) is 1. The molecule has 1 N–H and O–H groups in total. The first-order valence-corrected chi connectivity index (χ1v) is 9.07. The van der Waals surface area contributed by atoms with Crippen molar-refractivity contribution in [3.05, 3.63) is 47.8 Å². The minimum Gasteiger partial charge on any atom is -0.497 e. The Kier molecular flexibility index (Phi) is 5.16. The van der Waals surface area contributed by atoms with Gasteiger partial charge in [0.2, 0.25) is 0 Å². The summed E-state index contributed by atoms with van der Waals surface area (Å²) in [5.74, 6) is 0.807. The van der Waals surface area contributed by atoms with Crippen LogP contribution in [0.5, 0.6) is 5.75 Å². The molecule has 2 heterocycles. The number of ether oxygens (including phenoxy) is 1. The second-order valence-corrected chi connectivity index (χ2v) is 7.39. The predicted octanol–water partition coefficient (Wildman–Crippen LogP) is 3.34. The molecular formula is C20H29N3O2. The van der Waals surface area contributed by atoms with E-state index in [-0.39, 0.29) is 6.04 Å². The Hall–Kier alpha value is -1.85. The molecule has 0 bridgehead atoms. The molecule has 2 aromatic rings. The summed E-state index contributed by atoms with van der Waals surface area (Å²) in [5, 5.41) is 15.9. The van der Waals surface area contributed by atoms with E-state index in [2.05, 4.69) is 29.9 Å². The van der Waals surface area contributed by atoms with Crippen molar-refractivity contribution >= 4 is 0 Å². The van der Waals surface area contributed by atoms with Crippen LogP contribution in [0.1, 0.15) is 50.9 Å². The highest BCUT2D eigenvalue weighted by atomic mass is 16.5. The molecule has 0 amide bonds. The fraction of sp³-hybridized carbons (Fsp3) is 0.550.